The lowest BCUT2D eigenvalue weighted by Gasteiger charge is -2.28. The Hall–Kier alpha value is -5.82. The van der Waals surface area contributed by atoms with Crippen molar-refractivity contribution in [2.24, 2.45) is 17.4 Å². The number of carboxylic acid groups (broad SMARTS) is 3. The number of hydrogen-bond acceptors (Lipinski definition) is 14. The van der Waals surface area contributed by atoms with Crippen LogP contribution in [0.5, 0.6) is 0 Å². The smallest absolute Gasteiger partial charge is 0.326 e. The number of nitrogens with one attached hydrogen (secondary N) is 7. The summed E-state index contributed by atoms with van der Waals surface area (Å²) in [5.74, 6) is -12.2. The molecule has 24 nitrogen and oxygen atoms in total. The van der Waals surface area contributed by atoms with Gasteiger partial charge in [-0.25, -0.2) is 9.78 Å². The molecule has 0 aliphatic heterocycles. The normalized spacial score (nSPS) is 15.2. The number of aliphatic hydroxyl groups is 1. The Morgan fingerprint density at radius 1 is 0.707 bits per heavy atom. The minimum Gasteiger partial charge on any atom is -0.481 e. The molecule has 324 valence electrons. The molecule has 7 amide bonds. The standard InChI is InChI=1S/C33H52N10O14S/c1-14(2)8-21(33(56)57)41-32(55)26(15(3)44)43-30(53)19(9-16-11-36-13-37-16)39-29(52)20(10-25(48)49)40-28(51)18(5-6-23(35)45)38-31(54)22(12-58)42-27(50)17(34)4-7-24(46)47/h11,13-15,17-22,26,44,58H,4-10,12,34H2,1-3H3,(H2,35,45)(H,36,37)(H,38,54)(H,39,52)(H,40,51)(H,41,55)(H,42,50)(H,43,53)(H,46,47)(H,48,49)(H,56,57). The molecule has 0 saturated carbocycles. The van der Waals surface area contributed by atoms with Crippen LogP contribution in [0, 0.1) is 5.92 Å². The van der Waals surface area contributed by atoms with Crippen molar-refractivity contribution >= 4 is 71.9 Å². The number of nitrogens with zero attached hydrogens (tertiary/aromatic N) is 1. The number of amides is 7. The number of primary amides is 1. The Morgan fingerprint density at radius 2 is 1.24 bits per heavy atom. The van der Waals surface area contributed by atoms with Gasteiger partial charge in [0.1, 0.15) is 36.3 Å². The van der Waals surface area contributed by atoms with Crippen molar-refractivity contribution in [3.63, 3.8) is 0 Å². The third kappa shape index (κ3) is 18.4. The quantitative estimate of drug-likeness (QED) is 0.0370. The van der Waals surface area contributed by atoms with Gasteiger partial charge in [-0.2, -0.15) is 12.6 Å². The number of hydrogen-bond donors (Lipinski definition) is 14. The van der Waals surface area contributed by atoms with Crippen LogP contribution in [0.25, 0.3) is 0 Å². The Balaban J connectivity index is 3.34. The van der Waals surface area contributed by atoms with Crippen LogP contribution in [-0.2, 0) is 54.4 Å². The van der Waals surface area contributed by atoms with E-state index in [0.717, 1.165) is 6.92 Å². The monoisotopic (exact) mass is 844 g/mol. The lowest BCUT2D eigenvalue weighted by Crippen LogP contribution is -2.61. The number of rotatable bonds is 27. The highest BCUT2D eigenvalue weighted by Gasteiger charge is 2.36. The predicted molar refractivity (Wildman–Crippen MR) is 202 cm³/mol. The van der Waals surface area contributed by atoms with E-state index in [-0.39, 0.29) is 36.6 Å². The van der Waals surface area contributed by atoms with E-state index < -0.39 is 133 Å². The number of carbonyl (C=O) groups is 10. The van der Waals surface area contributed by atoms with Gasteiger partial charge >= 0.3 is 17.9 Å². The molecule has 58 heavy (non-hydrogen) atoms. The van der Waals surface area contributed by atoms with Gasteiger partial charge in [0.25, 0.3) is 0 Å². The Morgan fingerprint density at radius 3 is 1.74 bits per heavy atom. The first kappa shape index (κ1) is 50.2. The molecule has 0 aliphatic rings. The van der Waals surface area contributed by atoms with Crippen molar-refractivity contribution < 1.29 is 68.4 Å². The first-order valence-corrected chi connectivity index (χ1v) is 18.5. The van der Waals surface area contributed by atoms with E-state index >= 15 is 0 Å². The second kappa shape index (κ2) is 24.7. The van der Waals surface area contributed by atoms with Crippen LogP contribution < -0.4 is 43.4 Å². The SMILES string of the molecule is CC(C)CC(NC(=O)C(NC(=O)C(Cc1cnc[nH]1)NC(=O)C(CC(=O)O)NC(=O)C(CCC(N)=O)NC(=O)C(CS)NC(=O)C(N)CCC(=O)O)C(C)O)C(=O)O. The van der Waals surface area contributed by atoms with E-state index in [1.165, 1.54) is 12.5 Å². The van der Waals surface area contributed by atoms with Gasteiger partial charge in [-0.15, -0.1) is 0 Å². The highest BCUT2D eigenvalue weighted by molar-refractivity contribution is 7.80. The molecule has 25 heteroatoms. The van der Waals surface area contributed by atoms with E-state index in [9.17, 15) is 63.3 Å². The summed E-state index contributed by atoms with van der Waals surface area (Å²) in [6.07, 6.45) is -2.20. The zero-order valence-electron chi connectivity index (χ0n) is 31.9. The van der Waals surface area contributed by atoms with Gasteiger partial charge in [-0.3, -0.25) is 43.2 Å². The van der Waals surface area contributed by atoms with Gasteiger partial charge in [0.15, 0.2) is 0 Å². The molecule has 0 aliphatic carbocycles. The summed E-state index contributed by atoms with van der Waals surface area (Å²) in [5.41, 5.74) is 11.2. The summed E-state index contributed by atoms with van der Waals surface area (Å²) in [4.78, 5) is 132. The number of aromatic nitrogens is 2. The Bertz CT molecular complexity index is 1630. The minimum absolute atomic E-state index is 0.0149. The molecule has 8 unspecified atom stereocenters. The molecule has 8 atom stereocenters. The number of thiol groups is 1. The summed E-state index contributed by atoms with van der Waals surface area (Å²) < 4.78 is 0. The number of aliphatic hydroxyl groups excluding tert-OH is 1. The molecular formula is C33H52N10O14S. The van der Waals surface area contributed by atoms with Gasteiger partial charge in [0.05, 0.1) is 24.9 Å². The van der Waals surface area contributed by atoms with Gasteiger partial charge in [-0.1, -0.05) is 13.8 Å². The van der Waals surface area contributed by atoms with Crippen LogP contribution in [0.15, 0.2) is 12.5 Å². The second-order valence-corrected chi connectivity index (χ2v) is 14.0. The van der Waals surface area contributed by atoms with Crippen LogP contribution >= 0.6 is 12.6 Å². The van der Waals surface area contributed by atoms with Gasteiger partial charge in [-0.05, 0) is 32.1 Å². The van der Waals surface area contributed by atoms with E-state index in [1.807, 2.05) is 0 Å². The second-order valence-electron chi connectivity index (χ2n) is 13.6. The molecule has 1 aromatic rings. The molecule has 1 aromatic heterocycles. The maximum absolute atomic E-state index is 13.6. The number of nitrogens with two attached hydrogens (primary N) is 2. The van der Waals surface area contributed by atoms with E-state index in [4.69, 9.17) is 16.6 Å². The van der Waals surface area contributed by atoms with Crippen LogP contribution in [0.2, 0.25) is 0 Å². The molecule has 0 spiro atoms. The first-order valence-electron chi connectivity index (χ1n) is 17.8. The molecule has 0 bridgehead atoms. The molecule has 1 heterocycles. The number of carboxylic acids is 3. The fourth-order valence-electron chi connectivity index (χ4n) is 5.08. The van der Waals surface area contributed by atoms with Gasteiger partial charge in [0.2, 0.25) is 41.4 Å². The summed E-state index contributed by atoms with van der Waals surface area (Å²) in [7, 11) is 0. The van der Waals surface area contributed by atoms with Gasteiger partial charge in [0, 0.05) is 36.9 Å². The topological polar surface area (TPSA) is 405 Å². The molecular weight excluding hydrogens is 792 g/mol. The summed E-state index contributed by atoms with van der Waals surface area (Å²) >= 11 is 4.02. The van der Waals surface area contributed by atoms with Crippen LogP contribution in [-0.4, -0.2) is 144 Å². The summed E-state index contributed by atoms with van der Waals surface area (Å²) in [6.45, 7) is 4.56. The van der Waals surface area contributed by atoms with Crippen molar-refractivity contribution in [3.05, 3.63) is 18.2 Å². The zero-order valence-corrected chi connectivity index (χ0v) is 32.8. The number of H-pyrrole nitrogens is 1. The maximum atomic E-state index is 13.6. The van der Waals surface area contributed by atoms with Crippen molar-refractivity contribution in [2.45, 2.75) is 114 Å². The average Bonchev–Trinajstić information content (AvgIpc) is 3.64. The van der Waals surface area contributed by atoms with Crippen molar-refractivity contribution in [1.29, 1.82) is 0 Å². The van der Waals surface area contributed by atoms with Crippen LogP contribution in [0.3, 0.4) is 0 Å². The highest BCUT2D eigenvalue weighted by atomic mass is 32.1. The molecule has 0 fully saturated rings. The van der Waals surface area contributed by atoms with E-state index in [0.29, 0.717) is 0 Å². The molecule has 0 aromatic carbocycles. The maximum Gasteiger partial charge on any atom is 0.326 e. The lowest BCUT2D eigenvalue weighted by molar-refractivity contribution is -0.143. The van der Waals surface area contributed by atoms with Crippen LogP contribution in [0.4, 0.5) is 0 Å². The number of carbonyl (C=O) groups excluding carboxylic acids is 7. The predicted octanol–water partition coefficient (Wildman–Crippen LogP) is -4.77. The fourth-order valence-corrected chi connectivity index (χ4v) is 5.34. The third-order valence-electron chi connectivity index (χ3n) is 8.14. The summed E-state index contributed by atoms with van der Waals surface area (Å²) in [6, 6.07) is -11.2. The fraction of sp³-hybridized carbons (Fsp3) is 0.606. The molecule has 0 radical (unpaired) electrons. The zero-order chi connectivity index (χ0) is 44.3. The lowest BCUT2D eigenvalue weighted by atomic mass is 10.0. The van der Waals surface area contributed by atoms with Crippen molar-refractivity contribution in [1.82, 2.24) is 41.9 Å². The molecule has 1 rings (SSSR count). The summed E-state index contributed by atoms with van der Waals surface area (Å²) in [5, 5.41) is 51.9. The highest BCUT2D eigenvalue weighted by Crippen LogP contribution is 2.09. The van der Waals surface area contributed by atoms with Crippen molar-refractivity contribution in [3.8, 4) is 0 Å². The number of aliphatic carboxylic acids is 3. The Kier molecular flexibility index (Phi) is 21.4. The number of aromatic amines is 1. The number of imidazole rings is 1. The molecule has 15 N–H and O–H groups in total. The van der Waals surface area contributed by atoms with Gasteiger partial charge < -0.3 is 68.8 Å². The first-order chi connectivity index (χ1) is 27.0. The Labute approximate surface area is 337 Å². The average molecular weight is 845 g/mol. The van der Waals surface area contributed by atoms with E-state index in [2.05, 4.69) is 54.5 Å². The minimum atomic E-state index is -1.95. The van der Waals surface area contributed by atoms with Crippen LogP contribution in [0.1, 0.15) is 65.0 Å². The van der Waals surface area contributed by atoms with E-state index in [1.54, 1.807) is 13.8 Å². The molecule has 0 saturated heterocycles. The largest absolute Gasteiger partial charge is 0.481 e. The third-order valence-corrected chi connectivity index (χ3v) is 8.51. The van der Waals surface area contributed by atoms with Crippen molar-refractivity contribution in [2.75, 3.05) is 5.75 Å².